The number of alkyl halides is 6. The third-order valence-corrected chi connectivity index (χ3v) is 3.63. The van der Waals surface area contributed by atoms with Gasteiger partial charge >= 0.3 is 18.3 Å². The molecule has 2 rings (SSSR count). The second-order valence-electron chi connectivity index (χ2n) is 6.02. The number of anilines is 1. The lowest BCUT2D eigenvalue weighted by Gasteiger charge is -2.16. The summed E-state index contributed by atoms with van der Waals surface area (Å²) < 4.78 is 82.9. The fourth-order valence-corrected chi connectivity index (χ4v) is 2.38. The topological polar surface area (TPSA) is 84.3 Å². The van der Waals surface area contributed by atoms with E-state index in [9.17, 15) is 36.2 Å². The smallest absolute Gasteiger partial charge is 0.417 e. The van der Waals surface area contributed by atoms with E-state index in [2.05, 4.69) is 15.5 Å². The number of hydrogen-bond donors (Lipinski definition) is 2. The van der Waals surface area contributed by atoms with Crippen LogP contribution in [0.4, 0.5) is 32.2 Å². The van der Waals surface area contributed by atoms with Crippen molar-refractivity contribution < 1.29 is 41.0 Å². The monoisotopic (exact) mass is 423 g/mol. The zero-order chi connectivity index (χ0) is 22.0. The molecule has 2 N–H and O–H groups in total. The molecule has 0 saturated heterocycles. The van der Waals surface area contributed by atoms with Crippen LogP contribution in [0.1, 0.15) is 25.0 Å². The highest BCUT2D eigenvalue weighted by Gasteiger charge is 2.38. The van der Waals surface area contributed by atoms with E-state index in [0.29, 0.717) is 12.1 Å². The summed E-state index contributed by atoms with van der Waals surface area (Å²) in [5, 5.41) is 19.7. The zero-order valence-electron chi connectivity index (χ0n) is 15.0. The number of esters is 1. The van der Waals surface area contributed by atoms with Crippen LogP contribution < -0.4 is 5.32 Å². The molecule has 1 aromatic heterocycles. The van der Waals surface area contributed by atoms with Gasteiger partial charge in [-0.3, -0.25) is 4.79 Å². The van der Waals surface area contributed by atoms with Crippen LogP contribution in [0.5, 0.6) is 5.75 Å². The van der Waals surface area contributed by atoms with E-state index in [4.69, 9.17) is 4.74 Å². The summed E-state index contributed by atoms with van der Waals surface area (Å²) in [5.41, 5.74) is -4.18. The van der Waals surface area contributed by atoms with Crippen LogP contribution in [-0.2, 0) is 21.9 Å². The Morgan fingerprint density at radius 3 is 2.31 bits per heavy atom. The minimum atomic E-state index is -5.09. The molecule has 0 spiro atoms. The summed E-state index contributed by atoms with van der Waals surface area (Å²) in [4.78, 5) is 10.8. The first-order valence-corrected chi connectivity index (χ1v) is 8.05. The number of halogens is 6. The molecule has 0 aliphatic heterocycles. The Morgan fingerprint density at radius 1 is 1.14 bits per heavy atom. The first kappa shape index (κ1) is 22.2. The highest BCUT2D eigenvalue weighted by atomic mass is 19.4. The molecular formula is C17H15F6N3O3. The van der Waals surface area contributed by atoms with Crippen LogP contribution >= 0.6 is 0 Å². The summed E-state index contributed by atoms with van der Waals surface area (Å²) in [6.07, 6.45) is -10.6. The number of nitrogens with one attached hydrogen (secondary N) is 1. The van der Waals surface area contributed by atoms with E-state index in [0.717, 1.165) is 6.07 Å². The average molecular weight is 423 g/mol. The Bertz CT molecular complexity index is 899. The number of carbonyl (C=O) groups excluding carboxylic acids is 1. The maximum atomic E-state index is 13.3. The van der Waals surface area contributed by atoms with E-state index in [1.54, 1.807) is 6.92 Å². The van der Waals surface area contributed by atoms with Crippen molar-refractivity contribution in [3.63, 3.8) is 0 Å². The van der Waals surface area contributed by atoms with Gasteiger partial charge < -0.3 is 15.2 Å². The maximum Gasteiger partial charge on any atom is 0.417 e. The SMILES string of the molecule is CC(=O)O[C@H](C)CNc1nnc(-c2ccc(C(F)(F)F)cc2C(F)(F)F)cc1O. The average Bonchev–Trinajstić information content (AvgIpc) is 2.58. The van der Waals surface area contributed by atoms with E-state index in [-0.39, 0.29) is 18.4 Å². The van der Waals surface area contributed by atoms with Crippen molar-refractivity contribution >= 4 is 11.8 Å². The van der Waals surface area contributed by atoms with Gasteiger partial charge in [0, 0.05) is 18.6 Å². The van der Waals surface area contributed by atoms with E-state index >= 15 is 0 Å². The van der Waals surface area contributed by atoms with Crippen molar-refractivity contribution in [3.8, 4) is 17.0 Å². The molecule has 1 heterocycles. The minimum absolute atomic E-state index is 0.0231. The van der Waals surface area contributed by atoms with Crippen molar-refractivity contribution in [2.75, 3.05) is 11.9 Å². The van der Waals surface area contributed by atoms with Crippen LogP contribution in [-0.4, -0.2) is 33.9 Å². The second kappa shape index (κ2) is 8.13. The lowest BCUT2D eigenvalue weighted by molar-refractivity contribution is -0.145. The molecule has 0 radical (unpaired) electrons. The van der Waals surface area contributed by atoms with Gasteiger partial charge in [-0.2, -0.15) is 26.3 Å². The Morgan fingerprint density at radius 2 is 1.79 bits per heavy atom. The molecular weight excluding hydrogens is 408 g/mol. The van der Waals surface area contributed by atoms with Gasteiger partial charge in [0.1, 0.15) is 6.10 Å². The Kier molecular flexibility index (Phi) is 6.24. The molecule has 29 heavy (non-hydrogen) atoms. The molecule has 1 aromatic carbocycles. The number of nitrogens with zero attached hydrogens (tertiary/aromatic N) is 2. The molecule has 0 aliphatic carbocycles. The lowest BCUT2D eigenvalue weighted by Crippen LogP contribution is -2.22. The zero-order valence-corrected chi connectivity index (χ0v) is 15.0. The normalized spacial score (nSPS) is 13.1. The van der Waals surface area contributed by atoms with Gasteiger partial charge in [0.15, 0.2) is 11.6 Å². The van der Waals surface area contributed by atoms with Crippen molar-refractivity contribution in [1.82, 2.24) is 10.2 Å². The summed E-state index contributed by atoms with van der Waals surface area (Å²) in [6.45, 7) is 2.77. The van der Waals surface area contributed by atoms with Gasteiger partial charge in [0.2, 0.25) is 0 Å². The van der Waals surface area contributed by atoms with E-state index in [1.165, 1.54) is 6.92 Å². The molecule has 2 aromatic rings. The first-order chi connectivity index (χ1) is 13.3. The summed E-state index contributed by atoms with van der Waals surface area (Å²) in [5.74, 6) is -1.32. The lowest BCUT2D eigenvalue weighted by atomic mass is 10.00. The quantitative estimate of drug-likeness (QED) is 0.553. The summed E-state index contributed by atoms with van der Waals surface area (Å²) >= 11 is 0. The predicted molar refractivity (Wildman–Crippen MR) is 88.9 cm³/mol. The van der Waals surface area contributed by atoms with Gasteiger partial charge in [-0.15, -0.1) is 10.2 Å². The van der Waals surface area contributed by atoms with Gasteiger partial charge in [-0.1, -0.05) is 6.07 Å². The molecule has 0 unspecified atom stereocenters. The van der Waals surface area contributed by atoms with Crippen molar-refractivity contribution in [2.24, 2.45) is 0 Å². The van der Waals surface area contributed by atoms with Crippen molar-refractivity contribution in [1.29, 1.82) is 0 Å². The highest BCUT2D eigenvalue weighted by Crippen LogP contribution is 2.41. The van der Waals surface area contributed by atoms with Crippen LogP contribution in [0.2, 0.25) is 0 Å². The number of ether oxygens (including phenoxy) is 1. The Hall–Kier alpha value is -3.05. The molecule has 0 aliphatic rings. The fraction of sp³-hybridized carbons (Fsp3) is 0.353. The second-order valence-corrected chi connectivity index (χ2v) is 6.02. The van der Waals surface area contributed by atoms with Gasteiger partial charge in [-0.25, -0.2) is 0 Å². The number of carbonyl (C=O) groups is 1. The standard InChI is InChI=1S/C17H15F6N3O3/c1-8(29-9(2)27)7-24-15-14(28)6-13(25-26-15)11-4-3-10(16(18,19)20)5-12(11)17(21,22)23/h3-6,8H,7H2,1-2H3,(H,24,26)(H,25,28)/t8-/m1/s1. The van der Waals surface area contributed by atoms with Gasteiger partial charge in [-0.05, 0) is 19.1 Å². The van der Waals surface area contributed by atoms with Crippen LogP contribution in [0, 0.1) is 0 Å². The number of benzene rings is 1. The van der Waals surface area contributed by atoms with Crippen LogP contribution in [0.25, 0.3) is 11.3 Å². The Balaban J connectivity index is 2.35. The van der Waals surface area contributed by atoms with Crippen LogP contribution in [0.15, 0.2) is 24.3 Å². The van der Waals surface area contributed by atoms with E-state index < -0.39 is 52.6 Å². The maximum absolute atomic E-state index is 13.3. The van der Waals surface area contributed by atoms with Crippen LogP contribution in [0.3, 0.4) is 0 Å². The van der Waals surface area contributed by atoms with Gasteiger partial charge in [0.25, 0.3) is 0 Å². The number of hydrogen-bond acceptors (Lipinski definition) is 6. The molecule has 0 bridgehead atoms. The van der Waals surface area contributed by atoms with Gasteiger partial charge in [0.05, 0.1) is 23.4 Å². The fourth-order valence-electron chi connectivity index (χ4n) is 2.38. The molecule has 0 fully saturated rings. The predicted octanol–water partition coefficient (Wildman–Crippen LogP) is 4.25. The number of aromatic nitrogens is 2. The first-order valence-electron chi connectivity index (χ1n) is 8.05. The number of aromatic hydroxyl groups is 1. The molecule has 158 valence electrons. The van der Waals surface area contributed by atoms with Crippen molar-refractivity contribution in [2.45, 2.75) is 32.3 Å². The summed E-state index contributed by atoms with van der Waals surface area (Å²) in [7, 11) is 0. The largest absolute Gasteiger partial charge is 0.504 e. The highest BCUT2D eigenvalue weighted by molar-refractivity contribution is 5.68. The third kappa shape index (κ3) is 5.72. The summed E-state index contributed by atoms with van der Waals surface area (Å²) in [6, 6.07) is 1.91. The molecule has 6 nitrogen and oxygen atoms in total. The molecule has 0 saturated carbocycles. The minimum Gasteiger partial charge on any atom is -0.504 e. The Labute approximate surface area is 160 Å². The molecule has 0 amide bonds. The van der Waals surface area contributed by atoms with Crippen molar-refractivity contribution in [3.05, 3.63) is 35.4 Å². The molecule has 1 atom stereocenters. The van der Waals surface area contributed by atoms with E-state index in [1.807, 2.05) is 0 Å². The molecule has 12 heteroatoms. The number of rotatable bonds is 5. The third-order valence-electron chi connectivity index (χ3n) is 3.63.